The van der Waals surface area contributed by atoms with Crippen molar-refractivity contribution in [3.8, 4) is 0 Å². The zero-order chi connectivity index (χ0) is 15.5. The maximum atomic E-state index is 11.5. The number of rotatable bonds is 8. The van der Waals surface area contributed by atoms with Gasteiger partial charge >= 0.3 is 0 Å². The number of hydrogen-bond acceptors (Lipinski definition) is 2. The molecule has 0 saturated heterocycles. The molecule has 0 aliphatic rings. The third-order valence-electron chi connectivity index (χ3n) is 3.00. The van der Waals surface area contributed by atoms with Gasteiger partial charge in [0, 0.05) is 33.1 Å². The Kier molecular flexibility index (Phi) is 9.86. The zero-order valence-corrected chi connectivity index (χ0v) is 14.0. The van der Waals surface area contributed by atoms with Crippen LogP contribution in [-0.4, -0.2) is 50.0 Å². The summed E-state index contributed by atoms with van der Waals surface area (Å²) >= 11 is 0. The molecule has 0 aromatic rings. The lowest BCUT2D eigenvalue weighted by atomic mass is 10.0. The highest BCUT2D eigenvalue weighted by molar-refractivity contribution is 5.81. The number of nitrogens with zero attached hydrogens (tertiary/aromatic N) is 2. The maximum absolute atomic E-state index is 11.5. The van der Waals surface area contributed by atoms with Crippen LogP contribution in [0.25, 0.3) is 0 Å². The molecule has 118 valence electrons. The first-order chi connectivity index (χ1) is 9.36. The normalized spacial score (nSPS) is 13.2. The number of hydrogen-bond donors (Lipinski definition) is 2. The second-order valence-electron chi connectivity index (χ2n) is 5.82. The first kappa shape index (κ1) is 18.7. The predicted molar refractivity (Wildman–Crippen MR) is 86.0 cm³/mol. The number of guanidine groups is 1. The Hall–Kier alpha value is -1.26. The van der Waals surface area contributed by atoms with Crippen molar-refractivity contribution in [3.63, 3.8) is 0 Å². The third-order valence-corrected chi connectivity index (χ3v) is 3.00. The average molecular weight is 284 g/mol. The van der Waals surface area contributed by atoms with Gasteiger partial charge in [0.05, 0.1) is 6.54 Å². The Morgan fingerprint density at radius 3 is 2.35 bits per heavy atom. The van der Waals surface area contributed by atoms with Gasteiger partial charge in [-0.1, -0.05) is 13.8 Å². The van der Waals surface area contributed by atoms with Crippen LogP contribution in [0.3, 0.4) is 0 Å². The Morgan fingerprint density at radius 2 is 1.85 bits per heavy atom. The van der Waals surface area contributed by atoms with E-state index in [1.807, 2.05) is 6.92 Å². The molecule has 0 aliphatic heterocycles. The lowest BCUT2D eigenvalue weighted by Crippen LogP contribution is -2.42. The summed E-state index contributed by atoms with van der Waals surface area (Å²) in [5, 5.41) is 6.61. The van der Waals surface area contributed by atoms with Gasteiger partial charge in [-0.05, 0) is 32.6 Å². The minimum atomic E-state index is 0.109. The fourth-order valence-electron chi connectivity index (χ4n) is 1.70. The van der Waals surface area contributed by atoms with Crippen LogP contribution in [0.4, 0.5) is 0 Å². The van der Waals surface area contributed by atoms with Crippen molar-refractivity contribution < 1.29 is 4.79 Å². The molecule has 0 radical (unpaired) electrons. The standard InChI is InChI=1S/C15H32N4O/c1-7-16-15(17-11-10-14(20)19(5)6)18-13(4)9-8-12(2)3/h12-13H,7-11H2,1-6H3,(H2,16,17,18). The summed E-state index contributed by atoms with van der Waals surface area (Å²) in [6.07, 6.45) is 2.77. The van der Waals surface area contributed by atoms with E-state index in [9.17, 15) is 4.79 Å². The van der Waals surface area contributed by atoms with Crippen molar-refractivity contribution in [2.45, 2.75) is 53.0 Å². The second kappa shape index (κ2) is 10.5. The van der Waals surface area contributed by atoms with Crippen LogP contribution in [0, 0.1) is 5.92 Å². The molecular weight excluding hydrogens is 252 g/mol. The molecule has 0 heterocycles. The Labute approximate surface area is 124 Å². The minimum absolute atomic E-state index is 0.109. The Bertz CT molecular complexity index is 300. The van der Waals surface area contributed by atoms with Crippen molar-refractivity contribution >= 4 is 11.9 Å². The molecule has 0 aromatic carbocycles. The van der Waals surface area contributed by atoms with Crippen molar-refractivity contribution in [2.75, 3.05) is 27.2 Å². The topological polar surface area (TPSA) is 56.7 Å². The summed E-state index contributed by atoms with van der Waals surface area (Å²) in [6, 6.07) is 0.389. The highest BCUT2D eigenvalue weighted by Crippen LogP contribution is 2.06. The Balaban J connectivity index is 4.22. The van der Waals surface area contributed by atoms with Crippen LogP contribution in [0.5, 0.6) is 0 Å². The van der Waals surface area contributed by atoms with Crippen molar-refractivity contribution in [2.24, 2.45) is 10.9 Å². The van der Waals surface area contributed by atoms with Crippen LogP contribution in [0.1, 0.15) is 47.0 Å². The summed E-state index contributed by atoms with van der Waals surface area (Å²) < 4.78 is 0. The molecule has 5 heteroatoms. The van der Waals surface area contributed by atoms with E-state index in [2.05, 4.69) is 36.4 Å². The van der Waals surface area contributed by atoms with Crippen LogP contribution >= 0.6 is 0 Å². The molecule has 1 atom stereocenters. The molecule has 0 aromatic heterocycles. The first-order valence-electron chi connectivity index (χ1n) is 7.61. The molecule has 1 unspecified atom stereocenters. The minimum Gasteiger partial charge on any atom is -0.357 e. The number of carbonyl (C=O) groups excluding carboxylic acids is 1. The summed E-state index contributed by atoms with van der Waals surface area (Å²) in [5.74, 6) is 1.63. The number of aliphatic imine (C=N–C) groups is 1. The van der Waals surface area contributed by atoms with E-state index in [0.717, 1.165) is 24.8 Å². The van der Waals surface area contributed by atoms with E-state index in [4.69, 9.17) is 0 Å². The molecule has 0 saturated carbocycles. The summed E-state index contributed by atoms with van der Waals surface area (Å²) in [6.45, 7) is 10.0. The fourth-order valence-corrected chi connectivity index (χ4v) is 1.70. The molecule has 0 rings (SSSR count). The summed E-state index contributed by atoms with van der Waals surface area (Å²) in [4.78, 5) is 17.5. The Morgan fingerprint density at radius 1 is 1.20 bits per heavy atom. The quantitative estimate of drug-likeness (QED) is 0.528. The number of nitrogens with one attached hydrogen (secondary N) is 2. The van der Waals surface area contributed by atoms with E-state index in [1.165, 1.54) is 6.42 Å². The van der Waals surface area contributed by atoms with Crippen LogP contribution in [0.2, 0.25) is 0 Å². The predicted octanol–water partition coefficient (Wildman–Crippen LogP) is 1.84. The van der Waals surface area contributed by atoms with Crippen molar-refractivity contribution in [3.05, 3.63) is 0 Å². The largest absolute Gasteiger partial charge is 0.357 e. The third kappa shape index (κ3) is 9.64. The van der Waals surface area contributed by atoms with E-state index in [1.54, 1.807) is 19.0 Å². The van der Waals surface area contributed by atoms with Crippen LogP contribution in [-0.2, 0) is 4.79 Å². The van der Waals surface area contributed by atoms with Gasteiger partial charge in [-0.15, -0.1) is 0 Å². The highest BCUT2D eigenvalue weighted by Gasteiger charge is 2.07. The van der Waals surface area contributed by atoms with Gasteiger partial charge in [-0.25, -0.2) is 0 Å². The van der Waals surface area contributed by atoms with E-state index < -0.39 is 0 Å². The van der Waals surface area contributed by atoms with Gasteiger partial charge in [-0.3, -0.25) is 9.79 Å². The molecule has 20 heavy (non-hydrogen) atoms. The molecule has 0 bridgehead atoms. The first-order valence-corrected chi connectivity index (χ1v) is 7.61. The smallest absolute Gasteiger partial charge is 0.223 e. The van der Waals surface area contributed by atoms with Gasteiger partial charge in [0.1, 0.15) is 0 Å². The average Bonchev–Trinajstić information content (AvgIpc) is 2.36. The molecule has 2 N–H and O–H groups in total. The molecular formula is C15H32N4O. The highest BCUT2D eigenvalue weighted by atomic mass is 16.2. The molecule has 0 aliphatic carbocycles. The van der Waals surface area contributed by atoms with Crippen molar-refractivity contribution in [1.29, 1.82) is 0 Å². The van der Waals surface area contributed by atoms with E-state index >= 15 is 0 Å². The zero-order valence-electron chi connectivity index (χ0n) is 14.0. The summed E-state index contributed by atoms with van der Waals surface area (Å²) in [5.41, 5.74) is 0. The van der Waals surface area contributed by atoms with Gasteiger partial charge in [0.2, 0.25) is 5.91 Å². The van der Waals surface area contributed by atoms with E-state index in [-0.39, 0.29) is 5.91 Å². The number of carbonyl (C=O) groups is 1. The maximum Gasteiger partial charge on any atom is 0.223 e. The molecule has 0 spiro atoms. The molecule has 0 fully saturated rings. The van der Waals surface area contributed by atoms with Gasteiger partial charge in [0.25, 0.3) is 0 Å². The monoisotopic (exact) mass is 284 g/mol. The van der Waals surface area contributed by atoms with Crippen molar-refractivity contribution in [1.82, 2.24) is 15.5 Å². The van der Waals surface area contributed by atoms with Gasteiger partial charge < -0.3 is 15.5 Å². The number of amides is 1. The second-order valence-corrected chi connectivity index (χ2v) is 5.82. The molecule has 1 amide bonds. The van der Waals surface area contributed by atoms with Gasteiger partial charge in [0.15, 0.2) is 5.96 Å². The fraction of sp³-hybridized carbons (Fsp3) is 0.867. The SMILES string of the molecule is CCNC(=NCCC(=O)N(C)C)NC(C)CCC(C)C. The summed E-state index contributed by atoms with van der Waals surface area (Å²) in [7, 11) is 3.53. The van der Waals surface area contributed by atoms with E-state index in [0.29, 0.717) is 19.0 Å². The van der Waals surface area contributed by atoms with Gasteiger partial charge in [-0.2, -0.15) is 0 Å². The van der Waals surface area contributed by atoms with Crippen LogP contribution < -0.4 is 10.6 Å². The lowest BCUT2D eigenvalue weighted by molar-refractivity contribution is -0.128. The molecule has 5 nitrogen and oxygen atoms in total. The lowest BCUT2D eigenvalue weighted by Gasteiger charge is -2.18. The van der Waals surface area contributed by atoms with Crippen LogP contribution in [0.15, 0.2) is 4.99 Å².